The molecule has 10 heteroatoms. The number of benzene rings is 2. The monoisotopic (exact) mass is 492 g/mol. The van der Waals surface area contributed by atoms with Crippen LogP contribution in [0, 0.1) is 0 Å². The molecule has 1 amide bonds. The largest absolute Gasteiger partial charge is 0.490 e. The zero-order valence-corrected chi connectivity index (χ0v) is 20.0. The van der Waals surface area contributed by atoms with E-state index in [0.717, 1.165) is 30.9 Å². The third-order valence-electron chi connectivity index (χ3n) is 5.63. The number of nitrogens with zero attached hydrogens (tertiary/aromatic N) is 3. The van der Waals surface area contributed by atoms with Gasteiger partial charge in [0.15, 0.2) is 5.75 Å². The van der Waals surface area contributed by atoms with Crippen LogP contribution in [0.4, 0.5) is 27.4 Å². The highest BCUT2D eigenvalue weighted by Gasteiger charge is 2.21. The van der Waals surface area contributed by atoms with Crippen LogP contribution in [0.3, 0.4) is 0 Å². The fourth-order valence-corrected chi connectivity index (χ4v) is 3.86. The molecule has 188 valence electrons. The number of nitrogens with one attached hydrogen (secondary N) is 3. The van der Waals surface area contributed by atoms with E-state index in [-0.39, 0.29) is 18.5 Å². The lowest BCUT2D eigenvalue weighted by Crippen LogP contribution is -2.27. The molecule has 1 fully saturated rings. The van der Waals surface area contributed by atoms with Crippen LogP contribution >= 0.6 is 0 Å². The van der Waals surface area contributed by atoms with E-state index in [2.05, 4.69) is 37.4 Å². The minimum absolute atomic E-state index is 0.222. The lowest BCUT2D eigenvalue weighted by Gasteiger charge is -2.16. The summed E-state index contributed by atoms with van der Waals surface area (Å²) in [6, 6.07) is 15.0. The maximum atomic E-state index is 12.6. The molecular weight excluding hydrogens is 463 g/mol. The number of amides is 1. The lowest BCUT2D eigenvalue weighted by molar-refractivity contribution is -0.111. The zero-order valence-electron chi connectivity index (χ0n) is 20.0. The van der Waals surface area contributed by atoms with E-state index in [0.29, 0.717) is 35.7 Å². The first-order valence-corrected chi connectivity index (χ1v) is 11.6. The van der Waals surface area contributed by atoms with Crippen LogP contribution in [-0.4, -0.2) is 60.2 Å². The quantitative estimate of drug-likeness (QED) is 0.334. The maximum absolute atomic E-state index is 12.6. The third kappa shape index (κ3) is 6.70. The Morgan fingerprint density at radius 1 is 1.22 bits per heavy atom. The summed E-state index contributed by atoms with van der Waals surface area (Å²) in [6.07, 6.45) is 3.71. The Balaban J connectivity index is 1.41. The predicted octanol–water partition coefficient (Wildman–Crippen LogP) is 4.60. The molecule has 4 rings (SSSR count). The van der Waals surface area contributed by atoms with Gasteiger partial charge in [-0.1, -0.05) is 12.6 Å². The first-order valence-electron chi connectivity index (χ1n) is 11.6. The molecule has 0 bridgehead atoms. The predicted molar refractivity (Wildman–Crippen MR) is 138 cm³/mol. The molecule has 2 heterocycles. The molecule has 0 aliphatic carbocycles. The normalized spacial score (nSPS) is 15.2. The van der Waals surface area contributed by atoms with Crippen LogP contribution in [-0.2, 0) is 4.79 Å². The molecule has 0 saturated carbocycles. The van der Waals surface area contributed by atoms with Gasteiger partial charge in [-0.2, -0.15) is 4.98 Å². The molecule has 1 atom stereocenters. The van der Waals surface area contributed by atoms with Crippen molar-refractivity contribution in [2.24, 2.45) is 0 Å². The Bertz CT molecular complexity index is 1190. The smallest absolute Gasteiger partial charge is 0.267 e. The molecular formula is C26H29FN6O3. The zero-order chi connectivity index (χ0) is 25.3. The second-order valence-corrected chi connectivity index (χ2v) is 8.21. The summed E-state index contributed by atoms with van der Waals surface area (Å²) in [5, 5.41) is 9.36. The molecule has 1 saturated heterocycles. The van der Waals surface area contributed by atoms with Crippen molar-refractivity contribution in [3.8, 4) is 17.4 Å². The average Bonchev–Trinajstić information content (AvgIpc) is 3.32. The molecule has 1 aliphatic rings. The van der Waals surface area contributed by atoms with Crippen molar-refractivity contribution in [2.45, 2.75) is 12.5 Å². The minimum Gasteiger partial charge on any atom is -0.490 e. The van der Waals surface area contributed by atoms with Gasteiger partial charge in [0.1, 0.15) is 12.4 Å². The number of halogens is 1. The molecule has 1 aromatic heterocycles. The molecule has 3 N–H and O–H groups in total. The van der Waals surface area contributed by atoms with Crippen LogP contribution in [0.5, 0.6) is 17.4 Å². The number of anilines is 4. The number of methoxy groups -OCH3 is 1. The molecule has 1 aliphatic heterocycles. The maximum Gasteiger partial charge on any atom is 0.267 e. The van der Waals surface area contributed by atoms with Gasteiger partial charge in [0.25, 0.3) is 5.88 Å². The fraction of sp³-hybridized carbons (Fsp3) is 0.269. The Hall–Kier alpha value is -4.18. The molecule has 0 spiro atoms. The highest BCUT2D eigenvalue weighted by atomic mass is 19.1. The molecule has 36 heavy (non-hydrogen) atoms. The number of rotatable bonds is 11. The second kappa shape index (κ2) is 12.0. The number of carbonyl (C=O) groups excluding carboxylic acids is 1. The summed E-state index contributed by atoms with van der Waals surface area (Å²) in [7, 11) is 1.51. The van der Waals surface area contributed by atoms with E-state index in [4.69, 9.17) is 9.47 Å². The van der Waals surface area contributed by atoms with Crippen molar-refractivity contribution in [1.29, 1.82) is 0 Å². The van der Waals surface area contributed by atoms with Crippen molar-refractivity contribution in [2.75, 3.05) is 49.4 Å². The van der Waals surface area contributed by atoms with Gasteiger partial charge in [-0.05, 0) is 48.9 Å². The Morgan fingerprint density at radius 2 is 2.03 bits per heavy atom. The molecule has 0 radical (unpaired) electrons. The number of hydrogen-bond donors (Lipinski definition) is 3. The van der Waals surface area contributed by atoms with E-state index >= 15 is 0 Å². The summed E-state index contributed by atoms with van der Waals surface area (Å²) in [6.45, 7) is 5.38. The summed E-state index contributed by atoms with van der Waals surface area (Å²) >= 11 is 0. The molecule has 0 unspecified atom stereocenters. The van der Waals surface area contributed by atoms with Crippen molar-refractivity contribution in [1.82, 2.24) is 14.9 Å². The van der Waals surface area contributed by atoms with Gasteiger partial charge in [-0.15, -0.1) is 0 Å². The standard InChI is InChI=1S/C26H29FN6O3/c1-3-24(34)30-20-5-4-6-22(15-20)36-25-23(35-2)16-28-26(32-25)31-19-9-7-18(8-10-19)29-21-11-13-33(17-21)14-12-27/h3-10,15-16,21,29H,1,11-14,17H2,2H3,(H,30,34)(H,28,31,32)/t21-/m1/s1. The van der Waals surface area contributed by atoms with E-state index < -0.39 is 0 Å². The highest BCUT2D eigenvalue weighted by Crippen LogP contribution is 2.31. The Morgan fingerprint density at radius 3 is 2.78 bits per heavy atom. The van der Waals surface area contributed by atoms with Gasteiger partial charge in [0.2, 0.25) is 11.9 Å². The van der Waals surface area contributed by atoms with Crippen LogP contribution in [0.1, 0.15) is 6.42 Å². The van der Waals surface area contributed by atoms with Gasteiger partial charge >= 0.3 is 0 Å². The number of ether oxygens (including phenoxy) is 2. The third-order valence-corrected chi connectivity index (χ3v) is 5.63. The summed E-state index contributed by atoms with van der Waals surface area (Å²) in [4.78, 5) is 22.5. The lowest BCUT2D eigenvalue weighted by atomic mass is 10.2. The van der Waals surface area contributed by atoms with E-state index in [1.54, 1.807) is 24.3 Å². The van der Waals surface area contributed by atoms with Gasteiger partial charge in [0.05, 0.1) is 13.3 Å². The van der Waals surface area contributed by atoms with Crippen LogP contribution in [0.2, 0.25) is 0 Å². The van der Waals surface area contributed by atoms with Crippen molar-refractivity contribution in [3.63, 3.8) is 0 Å². The van der Waals surface area contributed by atoms with E-state index in [1.165, 1.54) is 19.4 Å². The number of aromatic nitrogens is 2. The fourth-order valence-electron chi connectivity index (χ4n) is 3.86. The van der Waals surface area contributed by atoms with E-state index in [1.807, 2.05) is 24.3 Å². The minimum atomic E-state index is -0.318. The summed E-state index contributed by atoms with van der Waals surface area (Å²) in [5.74, 6) is 1.06. The van der Waals surface area contributed by atoms with Crippen molar-refractivity contribution >= 4 is 28.9 Å². The molecule has 9 nitrogen and oxygen atoms in total. The Kier molecular flexibility index (Phi) is 8.30. The SMILES string of the molecule is C=CC(=O)Nc1cccc(Oc2nc(Nc3ccc(N[C@@H]4CCN(CCF)C4)cc3)ncc2OC)c1. The summed E-state index contributed by atoms with van der Waals surface area (Å²) < 4.78 is 23.8. The van der Waals surface area contributed by atoms with Gasteiger partial charge < -0.3 is 25.4 Å². The first kappa shape index (κ1) is 24.9. The number of carbonyl (C=O) groups is 1. The topological polar surface area (TPSA) is 101 Å². The number of likely N-dealkylation sites (tertiary alicyclic amines) is 1. The molecule has 2 aromatic carbocycles. The van der Waals surface area contributed by atoms with Gasteiger partial charge in [-0.25, -0.2) is 9.37 Å². The van der Waals surface area contributed by atoms with Crippen molar-refractivity contribution < 1.29 is 18.7 Å². The second-order valence-electron chi connectivity index (χ2n) is 8.21. The van der Waals surface area contributed by atoms with Gasteiger partial charge in [-0.3, -0.25) is 9.69 Å². The van der Waals surface area contributed by atoms with Gasteiger partial charge in [0, 0.05) is 48.8 Å². The van der Waals surface area contributed by atoms with Crippen LogP contribution in [0.15, 0.2) is 67.4 Å². The highest BCUT2D eigenvalue weighted by molar-refractivity contribution is 5.98. The van der Waals surface area contributed by atoms with Crippen LogP contribution in [0.25, 0.3) is 0 Å². The number of hydrogen-bond acceptors (Lipinski definition) is 8. The Labute approximate surface area is 209 Å². The van der Waals surface area contributed by atoms with Crippen LogP contribution < -0.4 is 25.4 Å². The summed E-state index contributed by atoms with van der Waals surface area (Å²) in [5.41, 5.74) is 2.36. The molecule has 3 aromatic rings. The first-order chi connectivity index (χ1) is 17.6. The van der Waals surface area contributed by atoms with Crippen molar-refractivity contribution in [3.05, 3.63) is 67.4 Å². The van der Waals surface area contributed by atoms with E-state index in [9.17, 15) is 9.18 Å². The number of alkyl halides is 1. The average molecular weight is 493 g/mol.